The van der Waals surface area contributed by atoms with Gasteiger partial charge in [-0.15, -0.1) is 0 Å². The first-order valence-electron chi connectivity index (χ1n) is 2.77. The third-order valence-corrected chi connectivity index (χ3v) is 1.47. The molecule has 0 aromatic carbocycles. The van der Waals surface area contributed by atoms with Crippen LogP contribution in [0.4, 0.5) is 0 Å². The van der Waals surface area contributed by atoms with Crippen molar-refractivity contribution in [2.45, 2.75) is 12.8 Å². The van der Waals surface area contributed by atoms with Gasteiger partial charge in [-0.2, -0.15) is 4.37 Å². The van der Waals surface area contributed by atoms with Crippen molar-refractivity contribution in [2.75, 3.05) is 6.61 Å². The van der Waals surface area contributed by atoms with Crippen molar-refractivity contribution >= 4 is 11.5 Å². The van der Waals surface area contributed by atoms with Crippen LogP contribution < -0.4 is 0 Å². The number of aryl methyl sites for hydroxylation is 1. The lowest BCUT2D eigenvalue weighted by Gasteiger charge is -1.86. The van der Waals surface area contributed by atoms with Crippen LogP contribution in [0.15, 0.2) is 5.51 Å². The summed E-state index contributed by atoms with van der Waals surface area (Å²) in [4.78, 5) is 3.92. The molecule has 49 valence electrons. The molecule has 0 fully saturated rings. The molecule has 0 unspecified atom stereocenters. The molecule has 0 spiro atoms. The van der Waals surface area contributed by atoms with Crippen LogP contribution in [0, 0.1) is 0 Å². The summed E-state index contributed by atoms with van der Waals surface area (Å²) in [5.74, 6) is 0.802. The summed E-state index contributed by atoms with van der Waals surface area (Å²) in [7, 11) is 0. The standard InChI is InChI=1S/C5H7N2OS/c8-3-1-2-5-6-4-9-7-5/h4H,1-3H2. The van der Waals surface area contributed by atoms with Crippen LogP contribution in [-0.4, -0.2) is 16.0 Å². The van der Waals surface area contributed by atoms with E-state index in [-0.39, 0.29) is 6.61 Å². The minimum Gasteiger partial charge on any atom is -0.237 e. The molecule has 0 bridgehead atoms. The molecule has 0 N–H and O–H groups in total. The Balaban J connectivity index is 2.30. The first-order valence-corrected chi connectivity index (χ1v) is 3.60. The minimum absolute atomic E-state index is 0.0286. The van der Waals surface area contributed by atoms with E-state index >= 15 is 0 Å². The van der Waals surface area contributed by atoms with Gasteiger partial charge >= 0.3 is 0 Å². The Morgan fingerprint density at radius 2 is 2.56 bits per heavy atom. The van der Waals surface area contributed by atoms with Gasteiger partial charge < -0.3 is 0 Å². The molecule has 1 heterocycles. The van der Waals surface area contributed by atoms with Gasteiger partial charge in [0.15, 0.2) is 0 Å². The number of rotatable bonds is 3. The molecule has 1 aromatic heterocycles. The number of hydrogen-bond acceptors (Lipinski definition) is 3. The zero-order valence-electron chi connectivity index (χ0n) is 4.91. The van der Waals surface area contributed by atoms with Crippen LogP contribution in [0.5, 0.6) is 0 Å². The van der Waals surface area contributed by atoms with E-state index in [1.807, 2.05) is 0 Å². The van der Waals surface area contributed by atoms with Gasteiger partial charge in [0, 0.05) is 6.42 Å². The maximum absolute atomic E-state index is 9.97. The predicted molar refractivity (Wildman–Crippen MR) is 33.8 cm³/mol. The highest BCUT2D eigenvalue weighted by atomic mass is 32.1. The van der Waals surface area contributed by atoms with Crippen LogP contribution in [0.25, 0.3) is 0 Å². The smallest absolute Gasteiger partial charge is 0.142 e. The van der Waals surface area contributed by atoms with Crippen LogP contribution >= 0.6 is 11.5 Å². The first-order chi connectivity index (χ1) is 4.43. The van der Waals surface area contributed by atoms with Crippen molar-refractivity contribution < 1.29 is 5.11 Å². The zero-order chi connectivity index (χ0) is 6.53. The fourth-order valence-corrected chi connectivity index (χ4v) is 1.01. The van der Waals surface area contributed by atoms with E-state index in [1.165, 1.54) is 11.5 Å². The SMILES string of the molecule is [O]CCCc1ncsn1. The van der Waals surface area contributed by atoms with Crippen molar-refractivity contribution in [3.63, 3.8) is 0 Å². The average molecular weight is 143 g/mol. The summed E-state index contributed by atoms with van der Waals surface area (Å²) in [5.41, 5.74) is 1.68. The normalized spacial score (nSPS) is 9.89. The second kappa shape index (κ2) is 3.53. The summed E-state index contributed by atoms with van der Waals surface area (Å²) in [5, 5.41) is 9.97. The lowest BCUT2D eigenvalue weighted by atomic mass is 10.3. The van der Waals surface area contributed by atoms with E-state index in [4.69, 9.17) is 0 Å². The van der Waals surface area contributed by atoms with Gasteiger partial charge in [0.05, 0.1) is 6.61 Å². The molecule has 0 aliphatic carbocycles. The number of aromatic nitrogens is 2. The second-order valence-corrected chi connectivity index (χ2v) is 2.26. The predicted octanol–water partition coefficient (Wildman–Crippen LogP) is 0.901. The van der Waals surface area contributed by atoms with E-state index in [1.54, 1.807) is 5.51 Å². The maximum atomic E-state index is 9.97. The van der Waals surface area contributed by atoms with E-state index < -0.39 is 0 Å². The molecule has 1 rings (SSSR count). The van der Waals surface area contributed by atoms with Crippen molar-refractivity contribution in [1.29, 1.82) is 0 Å². The van der Waals surface area contributed by atoms with Gasteiger partial charge in [-0.25, -0.2) is 10.1 Å². The molecule has 0 amide bonds. The fourth-order valence-electron chi connectivity index (χ4n) is 0.533. The molecule has 9 heavy (non-hydrogen) atoms. The highest BCUT2D eigenvalue weighted by Gasteiger charge is 1.93. The van der Waals surface area contributed by atoms with Crippen molar-refractivity contribution in [2.24, 2.45) is 0 Å². The highest BCUT2D eigenvalue weighted by Crippen LogP contribution is 1.96. The molecule has 0 aliphatic heterocycles. The van der Waals surface area contributed by atoms with Crippen molar-refractivity contribution in [3.8, 4) is 0 Å². The zero-order valence-corrected chi connectivity index (χ0v) is 5.73. The van der Waals surface area contributed by atoms with E-state index in [2.05, 4.69) is 9.36 Å². The average Bonchev–Trinajstić information content (AvgIpc) is 2.34. The quantitative estimate of drug-likeness (QED) is 0.631. The summed E-state index contributed by atoms with van der Waals surface area (Å²) in [6, 6.07) is 0. The Hall–Kier alpha value is -0.480. The van der Waals surface area contributed by atoms with Crippen LogP contribution in [0.1, 0.15) is 12.2 Å². The molecule has 1 radical (unpaired) electrons. The molecule has 4 heteroatoms. The Labute approximate surface area is 57.5 Å². The first kappa shape index (κ1) is 6.64. The third kappa shape index (κ3) is 2.07. The van der Waals surface area contributed by atoms with Gasteiger partial charge in [0.2, 0.25) is 0 Å². The van der Waals surface area contributed by atoms with Gasteiger partial charge in [-0.3, -0.25) is 0 Å². The van der Waals surface area contributed by atoms with E-state index in [0.717, 1.165) is 12.2 Å². The van der Waals surface area contributed by atoms with Crippen molar-refractivity contribution in [3.05, 3.63) is 11.3 Å². The van der Waals surface area contributed by atoms with Crippen molar-refractivity contribution in [1.82, 2.24) is 9.36 Å². The van der Waals surface area contributed by atoms with Crippen LogP contribution in [0.3, 0.4) is 0 Å². The van der Waals surface area contributed by atoms with Gasteiger partial charge in [-0.05, 0) is 18.0 Å². The molecular formula is C5H7N2OS. The molecule has 3 nitrogen and oxygen atoms in total. The Kier molecular flexibility index (Phi) is 2.60. The Bertz CT molecular complexity index is 152. The van der Waals surface area contributed by atoms with Gasteiger partial charge in [0.1, 0.15) is 11.3 Å². The van der Waals surface area contributed by atoms with Crippen LogP contribution in [0.2, 0.25) is 0 Å². The monoisotopic (exact) mass is 143 g/mol. The summed E-state index contributed by atoms with van der Waals surface area (Å²) in [6.45, 7) is -0.0286. The summed E-state index contributed by atoms with van der Waals surface area (Å²) < 4.78 is 3.95. The topological polar surface area (TPSA) is 45.7 Å². The molecular weight excluding hydrogens is 136 g/mol. The summed E-state index contributed by atoms with van der Waals surface area (Å²) in [6.07, 6.45) is 1.38. The second-order valence-electron chi connectivity index (χ2n) is 1.66. The van der Waals surface area contributed by atoms with E-state index in [0.29, 0.717) is 6.42 Å². The number of hydrogen-bond donors (Lipinski definition) is 0. The maximum Gasteiger partial charge on any atom is 0.142 e. The minimum atomic E-state index is -0.0286. The molecule has 0 aliphatic rings. The Morgan fingerprint density at radius 1 is 1.67 bits per heavy atom. The molecule has 0 atom stereocenters. The molecule has 0 saturated carbocycles. The van der Waals surface area contributed by atoms with Crippen LogP contribution in [-0.2, 0) is 11.5 Å². The fraction of sp³-hybridized carbons (Fsp3) is 0.600. The Morgan fingerprint density at radius 3 is 3.11 bits per heavy atom. The molecule has 1 aromatic rings. The van der Waals surface area contributed by atoms with E-state index in [9.17, 15) is 5.11 Å². The lowest BCUT2D eigenvalue weighted by Crippen LogP contribution is -1.89. The third-order valence-electron chi connectivity index (χ3n) is 0.952. The lowest BCUT2D eigenvalue weighted by molar-refractivity contribution is 0.189. The summed E-state index contributed by atoms with van der Waals surface area (Å²) >= 11 is 1.33. The van der Waals surface area contributed by atoms with Gasteiger partial charge in [-0.1, -0.05) is 0 Å². The van der Waals surface area contributed by atoms with Gasteiger partial charge in [0.25, 0.3) is 0 Å². The largest absolute Gasteiger partial charge is 0.237 e. The molecule has 0 saturated heterocycles. The highest BCUT2D eigenvalue weighted by molar-refractivity contribution is 7.03. The number of nitrogens with zero attached hydrogens (tertiary/aromatic N) is 2.